The van der Waals surface area contributed by atoms with Gasteiger partial charge in [0.05, 0.1) is 13.2 Å². The first kappa shape index (κ1) is 13.4. The van der Waals surface area contributed by atoms with Crippen LogP contribution in [-0.4, -0.2) is 31.1 Å². The van der Waals surface area contributed by atoms with E-state index in [0.717, 1.165) is 0 Å². The fourth-order valence-corrected chi connectivity index (χ4v) is 1.09. The molecule has 7 nitrogen and oxygen atoms in total. The number of carbonyl (C=O) groups excluding carboxylic acids is 1. The van der Waals surface area contributed by atoms with Crippen LogP contribution in [-0.2, 0) is 23.1 Å². The summed E-state index contributed by atoms with van der Waals surface area (Å²) >= 11 is 0. The van der Waals surface area contributed by atoms with Crippen molar-refractivity contribution in [2.75, 3.05) is 20.0 Å². The Morgan fingerprint density at radius 2 is 1.86 bits per heavy atom. The zero-order chi connectivity index (χ0) is 11.0. The van der Waals surface area contributed by atoms with Gasteiger partial charge in [0.25, 0.3) is 0 Å². The lowest BCUT2D eigenvalue weighted by Gasteiger charge is -2.10. The van der Waals surface area contributed by atoms with Crippen LogP contribution in [0.15, 0.2) is 0 Å². The lowest BCUT2D eigenvalue weighted by atomic mass is 10.9. The lowest BCUT2D eigenvalue weighted by molar-refractivity contribution is -0.00714. The first-order chi connectivity index (χ1) is 6.52. The second kappa shape index (κ2) is 6.78. The van der Waals surface area contributed by atoms with Gasteiger partial charge in [-0.25, -0.2) is 13.9 Å². The maximum Gasteiger partial charge on any atom is 0.510 e. The van der Waals surface area contributed by atoms with E-state index >= 15 is 0 Å². The van der Waals surface area contributed by atoms with Crippen LogP contribution in [0.4, 0.5) is 4.79 Å². The van der Waals surface area contributed by atoms with Crippen molar-refractivity contribution in [2.45, 2.75) is 13.8 Å². The first-order valence-corrected chi connectivity index (χ1v) is 5.42. The van der Waals surface area contributed by atoms with Crippen molar-refractivity contribution in [3.63, 3.8) is 0 Å². The van der Waals surface area contributed by atoms with Crippen molar-refractivity contribution in [3.8, 4) is 0 Å². The van der Waals surface area contributed by atoms with Gasteiger partial charge in [-0.15, -0.1) is 0 Å². The Kier molecular flexibility index (Phi) is 6.48. The molecule has 0 saturated heterocycles. The zero-order valence-electron chi connectivity index (χ0n) is 7.97. The second-order valence-electron chi connectivity index (χ2n) is 1.96. The van der Waals surface area contributed by atoms with Crippen molar-refractivity contribution in [2.24, 2.45) is 0 Å². The van der Waals surface area contributed by atoms with Crippen molar-refractivity contribution in [3.05, 3.63) is 0 Å². The Morgan fingerprint density at radius 1 is 1.21 bits per heavy atom. The van der Waals surface area contributed by atoms with Gasteiger partial charge in [0, 0.05) is 0 Å². The highest BCUT2D eigenvalue weighted by Crippen LogP contribution is 2.42. The van der Waals surface area contributed by atoms with E-state index in [9.17, 15) is 9.36 Å². The van der Waals surface area contributed by atoms with E-state index in [4.69, 9.17) is 4.89 Å². The lowest BCUT2D eigenvalue weighted by Crippen LogP contribution is -2.09. The third kappa shape index (κ3) is 6.85. The van der Waals surface area contributed by atoms with E-state index in [2.05, 4.69) is 18.5 Å². The Balaban J connectivity index is 3.62. The van der Waals surface area contributed by atoms with Crippen molar-refractivity contribution in [1.82, 2.24) is 0 Å². The predicted octanol–water partition coefficient (Wildman–Crippen LogP) is 1.27. The SMILES string of the molecule is CCOC(=O)OCOP(=O)(O)OCC. The van der Waals surface area contributed by atoms with Crippen molar-refractivity contribution in [1.29, 1.82) is 0 Å². The summed E-state index contributed by atoms with van der Waals surface area (Å²) in [5.74, 6) is 0. The summed E-state index contributed by atoms with van der Waals surface area (Å²) in [6.45, 7) is 2.61. The molecule has 1 atom stereocenters. The maximum absolute atomic E-state index is 10.8. The molecule has 0 amide bonds. The Hall–Kier alpha value is -0.620. The molecule has 14 heavy (non-hydrogen) atoms. The molecule has 0 radical (unpaired) electrons. The molecule has 1 N–H and O–H groups in total. The van der Waals surface area contributed by atoms with Crippen molar-refractivity contribution >= 4 is 14.0 Å². The first-order valence-electron chi connectivity index (χ1n) is 3.93. The van der Waals surface area contributed by atoms with Gasteiger partial charge in [-0.2, -0.15) is 0 Å². The highest BCUT2D eigenvalue weighted by molar-refractivity contribution is 7.47. The number of hydrogen-bond acceptors (Lipinski definition) is 6. The molecule has 0 saturated carbocycles. The van der Waals surface area contributed by atoms with Gasteiger partial charge in [-0.3, -0.25) is 4.52 Å². The quantitative estimate of drug-likeness (QED) is 0.415. The van der Waals surface area contributed by atoms with Gasteiger partial charge in [0.15, 0.2) is 0 Å². The van der Waals surface area contributed by atoms with E-state index in [-0.39, 0.29) is 13.2 Å². The molecular weight excluding hydrogens is 215 g/mol. The van der Waals surface area contributed by atoms with Gasteiger partial charge >= 0.3 is 14.0 Å². The Labute approximate surface area is 81.5 Å². The largest absolute Gasteiger partial charge is 0.510 e. The zero-order valence-corrected chi connectivity index (χ0v) is 8.86. The summed E-state index contributed by atoms with van der Waals surface area (Å²) in [5, 5.41) is 0. The van der Waals surface area contributed by atoms with E-state index in [1.165, 1.54) is 6.92 Å². The van der Waals surface area contributed by atoms with Crippen LogP contribution in [0.1, 0.15) is 13.8 Å². The molecule has 1 unspecified atom stereocenters. The molecule has 0 aromatic heterocycles. The van der Waals surface area contributed by atoms with Crippen LogP contribution >= 0.6 is 7.82 Å². The molecule has 0 bridgehead atoms. The van der Waals surface area contributed by atoms with Crippen LogP contribution in [0, 0.1) is 0 Å². The van der Waals surface area contributed by atoms with E-state index < -0.39 is 20.8 Å². The van der Waals surface area contributed by atoms with Crippen LogP contribution < -0.4 is 0 Å². The predicted molar refractivity (Wildman–Crippen MR) is 45.5 cm³/mol. The molecule has 0 heterocycles. The summed E-state index contributed by atoms with van der Waals surface area (Å²) in [6, 6.07) is 0. The van der Waals surface area contributed by atoms with E-state index in [1.807, 2.05) is 0 Å². The third-order valence-electron chi connectivity index (χ3n) is 0.947. The molecule has 0 aliphatic carbocycles. The summed E-state index contributed by atoms with van der Waals surface area (Å²) in [5.41, 5.74) is 0. The second-order valence-corrected chi connectivity index (χ2v) is 3.41. The van der Waals surface area contributed by atoms with Crippen LogP contribution in [0.25, 0.3) is 0 Å². The average Bonchev–Trinajstić information content (AvgIpc) is 2.03. The maximum atomic E-state index is 10.8. The van der Waals surface area contributed by atoms with Crippen LogP contribution in [0.2, 0.25) is 0 Å². The fourth-order valence-electron chi connectivity index (χ4n) is 0.501. The fraction of sp³-hybridized carbons (Fsp3) is 0.833. The molecule has 0 spiro atoms. The van der Waals surface area contributed by atoms with Gasteiger partial charge in [0.2, 0.25) is 6.79 Å². The average molecular weight is 228 g/mol. The standard InChI is InChI=1S/C6H13O7P/c1-3-10-6(7)11-5-13-14(8,9)12-4-2/h3-5H2,1-2H3,(H,8,9). The molecule has 8 heteroatoms. The van der Waals surface area contributed by atoms with E-state index in [1.54, 1.807) is 6.92 Å². The van der Waals surface area contributed by atoms with Crippen molar-refractivity contribution < 1.29 is 32.8 Å². The summed E-state index contributed by atoms with van der Waals surface area (Å²) in [4.78, 5) is 19.4. The molecular formula is C6H13O7P. The monoisotopic (exact) mass is 228 g/mol. The molecule has 0 fully saturated rings. The van der Waals surface area contributed by atoms with Crippen LogP contribution in [0.5, 0.6) is 0 Å². The Bertz CT molecular complexity index is 216. The number of phosphoric acid groups is 1. The molecule has 0 aromatic rings. The van der Waals surface area contributed by atoms with Gasteiger partial charge < -0.3 is 14.4 Å². The summed E-state index contributed by atoms with van der Waals surface area (Å²) in [7, 11) is -4.10. The highest BCUT2D eigenvalue weighted by Gasteiger charge is 2.20. The number of hydrogen-bond donors (Lipinski definition) is 1. The Morgan fingerprint density at radius 3 is 2.36 bits per heavy atom. The molecule has 0 rings (SSSR count). The minimum absolute atomic E-state index is 0.0210. The van der Waals surface area contributed by atoms with Gasteiger partial charge in [-0.1, -0.05) is 0 Å². The number of phosphoric ester groups is 1. The number of ether oxygens (including phenoxy) is 2. The molecule has 0 aliphatic heterocycles. The highest BCUT2D eigenvalue weighted by atomic mass is 31.2. The van der Waals surface area contributed by atoms with E-state index in [0.29, 0.717) is 0 Å². The van der Waals surface area contributed by atoms with Crippen LogP contribution in [0.3, 0.4) is 0 Å². The number of carbonyl (C=O) groups is 1. The van der Waals surface area contributed by atoms with Gasteiger partial charge in [-0.05, 0) is 13.8 Å². The molecule has 84 valence electrons. The molecule has 0 aliphatic rings. The topological polar surface area (TPSA) is 91.3 Å². The van der Waals surface area contributed by atoms with Gasteiger partial charge in [0.1, 0.15) is 0 Å². The third-order valence-corrected chi connectivity index (χ3v) is 1.96. The number of rotatable bonds is 6. The summed E-state index contributed by atoms with van der Waals surface area (Å²) in [6.07, 6.45) is -0.969. The minimum Gasteiger partial charge on any atom is -0.435 e. The summed E-state index contributed by atoms with van der Waals surface area (Å²) < 4.78 is 28.0. The normalized spacial score (nSPS) is 14.5. The smallest absolute Gasteiger partial charge is 0.435 e. The minimum atomic E-state index is -4.10. The molecule has 0 aromatic carbocycles.